The minimum Gasteiger partial charge on any atom is -0.394 e. The Morgan fingerprint density at radius 2 is 0.829 bits per heavy atom. The van der Waals surface area contributed by atoms with Gasteiger partial charge >= 0.3 is 0 Å². The fourth-order valence-corrected chi connectivity index (χ4v) is 10.1. The first kappa shape index (κ1) is 68.5. The average molecular weight is 1090 g/mol. The minimum absolute atomic E-state index is 0.235. The molecule has 0 aromatic rings. The molecular weight excluding hydrogens is 987 g/mol. The van der Waals surface area contributed by atoms with E-state index in [9.17, 15) is 61.0 Å². The quantitative estimate of drug-likeness (QED) is 0.0289. The van der Waals surface area contributed by atoms with Gasteiger partial charge in [-0.25, -0.2) is 0 Å². The van der Waals surface area contributed by atoms with Crippen molar-refractivity contribution in [3.63, 3.8) is 0 Å². The molecule has 3 aliphatic heterocycles. The van der Waals surface area contributed by atoms with E-state index in [1.165, 1.54) is 109 Å². The first-order chi connectivity index (χ1) is 36.8. The highest BCUT2D eigenvalue weighted by atomic mass is 16.8. The van der Waals surface area contributed by atoms with Crippen LogP contribution < -0.4 is 5.32 Å². The van der Waals surface area contributed by atoms with Gasteiger partial charge in [-0.05, 0) is 44.9 Å². The Bertz CT molecular complexity index is 1490. The maximum Gasteiger partial charge on any atom is 0.220 e. The Kier molecular flexibility index (Phi) is 37.2. The number of aliphatic hydroxyl groups is 11. The summed E-state index contributed by atoms with van der Waals surface area (Å²) in [7, 11) is 0. The SMILES string of the molecule is CCCCCCC/C=C\CCCCCCCC(=O)NC(COC1OC(CO)C(OC2OC(CO)C(OC3OC(CO)C(O)C(O)C3O)C(O)C2O)C(O)C1O)C(O)/C=C/CCCCCCCCCCCCCCCCC. The molecule has 446 valence electrons. The van der Waals surface area contributed by atoms with Crippen LogP contribution in [0.4, 0.5) is 0 Å². The van der Waals surface area contributed by atoms with E-state index in [0.29, 0.717) is 6.42 Å². The van der Waals surface area contributed by atoms with Crippen LogP contribution in [0, 0.1) is 0 Å². The number of nitrogens with one attached hydrogen (secondary N) is 1. The highest BCUT2D eigenvalue weighted by molar-refractivity contribution is 5.76. The molecule has 3 fully saturated rings. The molecule has 1 amide bonds. The van der Waals surface area contributed by atoms with Crippen molar-refractivity contribution in [1.29, 1.82) is 0 Å². The van der Waals surface area contributed by atoms with Crippen LogP contribution in [-0.2, 0) is 33.2 Å². The second-order valence-electron chi connectivity index (χ2n) is 21.5. The summed E-state index contributed by atoms with van der Waals surface area (Å²) in [6.45, 7) is 1.70. The van der Waals surface area contributed by atoms with Gasteiger partial charge in [-0.3, -0.25) is 4.79 Å². The Hall–Kier alpha value is -1.73. The van der Waals surface area contributed by atoms with Gasteiger partial charge in [0.05, 0.1) is 38.6 Å². The molecule has 0 spiro atoms. The van der Waals surface area contributed by atoms with Gasteiger partial charge in [-0.1, -0.05) is 173 Å². The molecule has 12 N–H and O–H groups in total. The van der Waals surface area contributed by atoms with E-state index in [4.69, 9.17) is 28.4 Å². The zero-order valence-electron chi connectivity index (χ0n) is 46.2. The fourth-order valence-electron chi connectivity index (χ4n) is 10.1. The summed E-state index contributed by atoms with van der Waals surface area (Å²) in [5, 5.41) is 120. The number of rotatable bonds is 43. The lowest BCUT2D eigenvalue weighted by Gasteiger charge is -2.48. The lowest BCUT2D eigenvalue weighted by atomic mass is 9.96. The topological polar surface area (TPSA) is 307 Å². The molecule has 3 aliphatic rings. The molecule has 76 heavy (non-hydrogen) atoms. The van der Waals surface area contributed by atoms with Gasteiger partial charge < -0.3 is 89.9 Å². The second kappa shape index (κ2) is 41.3. The van der Waals surface area contributed by atoms with E-state index in [1.807, 2.05) is 6.08 Å². The van der Waals surface area contributed by atoms with Crippen molar-refractivity contribution in [3.8, 4) is 0 Å². The van der Waals surface area contributed by atoms with Crippen molar-refractivity contribution in [3.05, 3.63) is 24.3 Å². The summed E-state index contributed by atoms with van der Waals surface area (Å²) in [6.07, 6.45) is 14.4. The lowest BCUT2D eigenvalue weighted by Crippen LogP contribution is -2.66. The molecule has 3 rings (SSSR count). The zero-order valence-corrected chi connectivity index (χ0v) is 46.2. The summed E-state index contributed by atoms with van der Waals surface area (Å²) in [5.74, 6) is -0.285. The van der Waals surface area contributed by atoms with E-state index >= 15 is 0 Å². The van der Waals surface area contributed by atoms with Gasteiger partial charge in [0.2, 0.25) is 5.91 Å². The number of aliphatic hydroxyl groups excluding tert-OH is 11. The predicted molar refractivity (Wildman–Crippen MR) is 286 cm³/mol. The molecule has 0 aliphatic carbocycles. The molecule has 17 atom stereocenters. The Morgan fingerprint density at radius 3 is 1.28 bits per heavy atom. The smallest absolute Gasteiger partial charge is 0.220 e. The molecule has 0 radical (unpaired) electrons. The first-order valence-electron chi connectivity index (χ1n) is 29.6. The van der Waals surface area contributed by atoms with Gasteiger partial charge in [0.15, 0.2) is 18.9 Å². The Labute approximate surface area is 454 Å². The number of carbonyl (C=O) groups excluding carboxylic acids is 1. The molecule has 0 aromatic heterocycles. The third-order valence-electron chi connectivity index (χ3n) is 15.0. The van der Waals surface area contributed by atoms with Crippen LogP contribution in [0.3, 0.4) is 0 Å². The summed E-state index contributed by atoms with van der Waals surface area (Å²) in [5.41, 5.74) is 0. The van der Waals surface area contributed by atoms with Gasteiger partial charge in [0.1, 0.15) is 73.2 Å². The molecule has 3 heterocycles. The van der Waals surface area contributed by atoms with E-state index in [0.717, 1.165) is 64.2 Å². The van der Waals surface area contributed by atoms with Gasteiger partial charge in [-0.2, -0.15) is 0 Å². The third-order valence-corrected chi connectivity index (χ3v) is 15.0. The molecule has 19 heteroatoms. The van der Waals surface area contributed by atoms with Crippen LogP contribution in [0.15, 0.2) is 24.3 Å². The standard InChI is InChI=1S/C57H105NO18/c1-3-5-7-9-11-13-15-17-19-20-21-22-24-26-28-30-32-34-41(62)40(58-45(63)35-33-31-29-27-25-23-18-16-14-12-10-8-6-4-2)39-71-55-51(69)48(66)53(43(37-60)73-55)76-57-52(70)49(67)54(44(38-61)74-57)75-56-50(68)47(65)46(64)42(36-59)72-56/h16,18,32,34,40-44,46-57,59-62,64-70H,3-15,17,19-31,33,35-39H2,1-2H3,(H,58,63)/b18-16-,34-32+. The normalized spacial score (nSPS) is 31.1. The summed E-state index contributed by atoms with van der Waals surface area (Å²) in [6, 6.07) is -0.974. The van der Waals surface area contributed by atoms with Crippen LogP contribution >= 0.6 is 0 Å². The third kappa shape index (κ3) is 25.4. The van der Waals surface area contributed by atoms with E-state index in [2.05, 4.69) is 31.3 Å². The number of hydrogen-bond donors (Lipinski definition) is 12. The van der Waals surface area contributed by atoms with Crippen LogP contribution in [0.1, 0.15) is 200 Å². The largest absolute Gasteiger partial charge is 0.394 e. The van der Waals surface area contributed by atoms with E-state index < -0.39 is 124 Å². The monoisotopic (exact) mass is 1090 g/mol. The molecule has 3 saturated heterocycles. The minimum atomic E-state index is -1.98. The van der Waals surface area contributed by atoms with Crippen molar-refractivity contribution in [2.24, 2.45) is 0 Å². The van der Waals surface area contributed by atoms with Crippen molar-refractivity contribution >= 4 is 5.91 Å². The number of amides is 1. The highest BCUT2D eigenvalue weighted by Gasteiger charge is 2.53. The van der Waals surface area contributed by atoms with Crippen molar-refractivity contribution in [2.75, 3.05) is 26.4 Å². The number of ether oxygens (including phenoxy) is 6. The van der Waals surface area contributed by atoms with Gasteiger partial charge in [0.25, 0.3) is 0 Å². The van der Waals surface area contributed by atoms with Crippen molar-refractivity contribution < 1.29 is 89.4 Å². The number of unbranched alkanes of at least 4 members (excludes halogenated alkanes) is 25. The number of allylic oxidation sites excluding steroid dienone is 3. The van der Waals surface area contributed by atoms with Gasteiger partial charge in [-0.15, -0.1) is 0 Å². The van der Waals surface area contributed by atoms with Crippen molar-refractivity contribution in [1.82, 2.24) is 5.32 Å². The molecule has 17 unspecified atom stereocenters. The highest BCUT2D eigenvalue weighted by Crippen LogP contribution is 2.33. The first-order valence-corrected chi connectivity index (χ1v) is 29.6. The predicted octanol–water partition coefficient (Wildman–Crippen LogP) is 4.76. The Morgan fingerprint density at radius 1 is 0.461 bits per heavy atom. The zero-order chi connectivity index (χ0) is 55.5. The molecule has 0 bridgehead atoms. The maximum absolute atomic E-state index is 13.3. The van der Waals surface area contributed by atoms with Crippen molar-refractivity contribution in [2.45, 2.75) is 304 Å². The second-order valence-corrected chi connectivity index (χ2v) is 21.5. The molecule has 19 nitrogen and oxygen atoms in total. The Balaban J connectivity index is 1.52. The van der Waals surface area contributed by atoms with Crippen LogP contribution in [-0.4, -0.2) is 193 Å². The lowest BCUT2D eigenvalue weighted by molar-refractivity contribution is -0.379. The molecule has 0 saturated carbocycles. The number of hydrogen-bond acceptors (Lipinski definition) is 18. The number of carbonyl (C=O) groups is 1. The van der Waals surface area contributed by atoms with Gasteiger partial charge in [0, 0.05) is 6.42 Å². The van der Waals surface area contributed by atoms with Crippen LogP contribution in [0.2, 0.25) is 0 Å². The summed E-state index contributed by atoms with van der Waals surface area (Å²) < 4.78 is 34.2. The summed E-state index contributed by atoms with van der Waals surface area (Å²) >= 11 is 0. The fraction of sp³-hybridized carbons (Fsp3) is 0.912. The van der Waals surface area contributed by atoms with Crippen LogP contribution in [0.25, 0.3) is 0 Å². The van der Waals surface area contributed by atoms with E-state index in [-0.39, 0.29) is 18.9 Å². The maximum atomic E-state index is 13.3. The van der Waals surface area contributed by atoms with Crippen LogP contribution in [0.5, 0.6) is 0 Å². The average Bonchev–Trinajstić information content (AvgIpc) is 3.42. The molecule has 0 aromatic carbocycles. The summed E-state index contributed by atoms with van der Waals surface area (Å²) in [4.78, 5) is 13.3. The molecular formula is C57H105NO18. The van der Waals surface area contributed by atoms with E-state index in [1.54, 1.807) is 6.08 Å².